The van der Waals surface area contributed by atoms with E-state index in [-0.39, 0.29) is 0 Å². The van der Waals surface area contributed by atoms with Crippen molar-refractivity contribution in [2.24, 2.45) is 5.73 Å². The highest BCUT2D eigenvalue weighted by Gasteiger charge is 2.36. The van der Waals surface area contributed by atoms with Crippen molar-refractivity contribution in [2.75, 3.05) is 0 Å². The van der Waals surface area contributed by atoms with E-state index in [0.717, 1.165) is 41.5 Å². The molecule has 5 nitrogen and oxygen atoms in total. The fraction of sp³-hybridized carbons (Fsp3) is 0.357. The van der Waals surface area contributed by atoms with E-state index in [9.17, 15) is 0 Å². The molecule has 0 aromatic carbocycles. The zero-order valence-electron chi connectivity index (χ0n) is 10.9. The van der Waals surface area contributed by atoms with Gasteiger partial charge in [0, 0.05) is 11.8 Å². The van der Waals surface area contributed by atoms with Gasteiger partial charge in [0.15, 0.2) is 0 Å². The average Bonchev–Trinajstić information content (AvgIpc) is 3.18. The lowest BCUT2D eigenvalue weighted by Crippen LogP contribution is -2.33. The number of pyridine rings is 1. The van der Waals surface area contributed by atoms with Crippen molar-refractivity contribution >= 4 is 21.6 Å². The molecule has 102 valence electrons. The molecule has 1 aliphatic carbocycles. The quantitative estimate of drug-likeness (QED) is 0.783. The minimum atomic E-state index is -0.439. The number of hydrogen-bond donors (Lipinski definition) is 1. The van der Waals surface area contributed by atoms with Crippen molar-refractivity contribution in [1.82, 2.24) is 15.1 Å². The molecule has 3 aromatic rings. The first-order valence-electron chi connectivity index (χ1n) is 6.71. The molecule has 1 aliphatic rings. The minimum Gasteiger partial charge on any atom is -0.337 e. The summed E-state index contributed by atoms with van der Waals surface area (Å²) in [5.41, 5.74) is 7.76. The van der Waals surface area contributed by atoms with Crippen molar-refractivity contribution in [2.45, 2.75) is 31.2 Å². The van der Waals surface area contributed by atoms with Gasteiger partial charge < -0.3 is 10.3 Å². The molecule has 0 amide bonds. The smallest absolute Gasteiger partial charge is 0.247 e. The van der Waals surface area contributed by atoms with E-state index in [4.69, 9.17) is 10.3 Å². The van der Waals surface area contributed by atoms with E-state index in [1.807, 2.05) is 17.5 Å². The fourth-order valence-corrected chi connectivity index (χ4v) is 3.51. The molecule has 2 N–H and O–H groups in total. The van der Waals surface area contributed by atoms with Crippen LogP contribution in [0.15, 0.2) is 28.2 Å². The molecule has 0 spiro atoms. The van der Waals surface area contributed by atoms with Crippen LogP contribution in [0.25, 0.3) is 21.6 Å². The Labute approximate surface area is 119 Å². The fourth-order valence-electron chi connectivity index (χ4n) is 2.73. The normalized spacial score (nSPS) is 17.9. The Balaban J connectivity index is 1.73. The molecule has 4 rings (SSSR count). The molecule has 1 saturated carbocycles. The number of rotatable bonds is 2. The Morgan fingerprint density at radius 2 is 2.15 bits per heavy atom. The maximum atomic E-state index is 6.34. The number of fused-ring (bicyclic) bond motifs is 1. The first-order valence-corrected chi connectivity index (χ1v) is 7.59. The predicted octanol–water partition coefficient (Wildman–Crippen LogP) is 3.07. The highest BCUT2D eigenvalue weighted by Crippen LogP contribution is 2.36. The number of hydrogen-bond acceptors (Lipinski definition) is 6. The molecule has 6 heteroatoms. The zero-order valence-corrected chi connectivity index (χ0v) is 11.7. The van der Waals surface area contributed by atoms with E-state index >= 15 is 0 Å². The Kier molecular flexibility index (Phi) is 2.61. The van der Waals surface area contributed by atoms with Gasteiger partial charge in [0.1, 0.15) is 0 Å². The Bertz CT molecular complexity index is 757. The first kappa shape index (κ1) is 12.0. The van der Waals surface area contributed by atoms with Crippen LogP contribution in [0.4, 0.5) is 0 Å². The number of thiophene rings is 1. The second-order valence-electron chi connectivity index (χ2n) is 5.31. The maximum Gasteiger partial charge on any atom is 0.247 e. The van der Waals surface area contributed by atoms with Crippen LogP contribution in [-0.4, -0.2) is 15.1 Å². The topological polar surface area (TPSA) is 77.8 Å². The molecule has 0 atom stereocenters. The molecule has 0 bridgehead atoms. The van der Waals surface area contributed by atoms with Crippen molar-refractivity contribution in [1.29, 1.82) is 0 Å². The lowest BCUT2D eigenvalue weighted by molar-refractivity contribution is 0.285. The average molecular weight is 286 g/mol. The van der Waals surface area contributed by atoms with Gasteiger partial charge in [-0.25, -0.2) is 0 Å². The standard InChI is InChI=1S/C14H14N4OS/c15-14(4-1-2-5-14)13-17-12(18-19-13)9-7-11-10(16-8-9)3-6-20-11/h3,6-8H,1-2,4-5,15H2. The van der Waals surface area contributed by atoms with E-state index in [1.165, 1.54) is 0 Å². The molecular formula is C14H14N4OS. The van der Waals surface area contributed by atoms with Gasteiger partial charge in [-0.1, -0.05) is 18.0 Å². The summed E-state index contributed by atoms with van der Waals surface area (Å²) in [6.45, 7) is 0. The van der Waals surface area contributed by atoms with Crippen LogP contribution in [0.2, 0.25) is 0 Å². The monoisotopic (exact) mass is 286 g/mol. The molecule has 0 aliphatic heterocycles. The highest BCUT2D eigenvalue weighted by atomic mass is 32.1. The van der Waals surface area contributed by atoms with Gasteiger partial charge in [-0.2, -0.15) is 4.98 Å². The molecule has 3 heterocycles. The van der Waals surface area contributed by atoms with Gasteiger partial charge in [0.25, 0.3) is 0 Å². The number of aromatic nitrogens is 3. The van der Waals surface area contributed by atoms with E-state index < -0.39 is 5.54 Å². The van der Waals surface area contributed by atoms with Crippen LogP contribution in [-0.2, 0) is 5.54 Å². The third kappa shape index (κ3) is 1.83. The molecular weight excluding hydrogens is 272 g/mol. The molecule has 0 unspecified atom stereocenters. The van der Waals surface area contributed by atoms with Crippen LogP contribution in [0, 0.1) is 0 Å². The predicted molar refractivity (Wildman–Crippen MR) is 77.2 cm³/mol. The highest BCUT2D eigenvalue weighted by molar-refractivity contribution is 7.17. The number of nitrogens with zero attached hydrogens (tertiary/aromatic N) is 3. The third-order valence-corrected chi connectivity index (χ3v) is 4.76. The summed E-state index contributed by atoms with van der Waals surface area (Å²) in [5, 5.41) is 6.09. The van der Waals surface area contributed by atoms with E-state index in [0.29, 0.717) is 11.7 Å². The second-order valence-corrected chi connectivity index (χ2v) is 6.26. The van der Waals surface area contributed by atoms with Crippen LogP contribution < -0.4 is 5.73 Å². The van der Waals surface area contributed by atoms with Crippen molar-refractivity contribution in [3.05, 3.63) is 29.6 Å². The second kappa shape index (κ2) is 4.36. The summed E-state index contributed by atoms with van der Waals surface area (Å²) in [4.78, 5) is 8.89. The van der Waals surface area contributed by atoms with Crippen LogP contribution >= 0.6 is 11.3 Å². The summed E-state index contributed by atoms with van der Waals surface area (Å²) in [6, 6.07) is 4.04. The van der Waals surface area contributed by atoms with Crippen LogP contribution in [0.5, 0.6) is 0 Å². The van der Waals surface area contributed by atoms with Gasteiger partial charge >= 0.3 is 0 Å². The van der Waals surface area contributed by atoms with Crippen LogP contribution in [0.3, 0.4) is 0 Å². The van der Waals surface area contributed by atoms with E-state index in [1.54, 1.807) is 17.5 Å². The SMILES string of the molecule is NC1(c2nc(-c3cnc4ccsc4c3)no2)CCCC1. The van der Waals surface area contributed by atoms with Gasteiger partial charge in [-0.15, -0.1) is 11.3 Å². The van der Waals surface area contributed by atoms with Gasteiger partial charge in [0.2, 0.25) is 11.7 Å². The van der Waals surface area contributed by atoms with Crippen molar-refractivity contribution < 1.29 is 4.52 Å². The lowest BCUT2D eigenvalue weighted by Gasteiger charge is -2.17. The number of nitrogens with two attached hydrogens (primary N) is 1. The summed E-state index contributed by atoms with van der Waals surface area (Å²) in [5.74, 6) is 1.12. The third-order valence-electron chi connectivity index (χ3n) is 3.91. The van der Waals surface area contributed by atoms with Gasteiger partial charge in [-0.05, 0) is 30.4 Å². The van der Waals surface area contributed by atoms with Crippen molar-refractivity contribution in [3.8, 4) is 11.4 Å². The largest absolute Gasteiger partial charge is 0.337 e. The van der Waals surface area contributed by atoms with E-state index in [2.05, 4.69) is 15.1 Å². The molecule has 0 radical (unpaired) electrons. The zero-order chi connectivity index (χ0) is 13.6. The maximum absolute atomic E-state index is 6.34. The van der Waals surface area contributed by atoms with Gasteiger partial charge in [0.05, 0.1) is 15.8 Å². The van der Waals surface area contributed by atoms with Gasteiger partial charge in [-0.3, -0.25) is 4.98 Å². The summed E-state index contributed by atoms with van der Waals surface area (Å²) in [6.07, 6.45) is 5.85. The molecule has 3 aromatic heterocycles. The summed E-state index contributed by atoms with van der Waals surface area (Å²) < 4.78 is 6.51. The molecule has 1 fully saturated rings. The Morgan fingerprint density at radius 3 is 3.00 bits per heavy atom. The van der Waals surface area contributed by atoms with Crippen LogP contribution in [0.1, 0.15) is 31.6 Å². The Morgan fingerprint density at radius 1 is 1.30 bits per heavy atom. The minimum absolute atomic E-state index is 0.439. The molecule has 0 saturated heterocycles. The van der Waals surface area contributed by atoms with Crippen molar-refractivity contribution in [3.63, 3.8) is 0 Å². The molecule has 20 heavy (non-hydrogen) atoms. The Hall–Kier alpha value is -1.79. The lowest BCUT2D eigenvalue weighted by atomic mass is 9.99. The summed E-state index contributed by atoms with van der Waals surface area (Å²) >= 11 is 1.65. The summed E-state index contributed by atoms with van der Waals surface area (Å²) in [7, 11) is 0. The first-order chi connectivity index (χ1) is 9.74.